The molecule has 0 saturated carbocycles. The molecule has 1 N–H and O–H groups in total. The van der Waals surface area contributed by atoms with Crippen LogP contribution >= 0.6 is 11.3 Å². The lowest BCUT2D eigenvalue weighted by atomic mass is 9.85. The normalized spacial score (nSPS) is 12.6. The van der Waals surface area contributed by atoms with Crippen LogP contribution in [-0.4, -0.2) is 15.4 Å². The largest absolute Gasteiger partial charge is 0.346 e. The van der Waals surface area contributed by atoms with Gasteiger partial charge in [-0.05, 0) is 16.9 Å². The highest BCUT2D eigenvalue weighted by Crippen LogP contribution is 2.35. The zero-order valence-electron chi connectivity index (χ0n) is 13.7. The Morgan fingerprint density at radius 3 is 2.67 bits per heavy atom. The molecule has 0 aliphatic heterocycles. The molecule has 128 valence electrons. The molecule has 0 unspecified atom stereocenters. The third kappa shape index (κ3) is 4.29. The van der Waals surface area contributed by atoms with Gasteiger partial charge in [-0.25, -0.2) is 0 Å². The van der Waals surface area contributed by atoms with Crippen LogP contribution in [0.4, 0.5) is 5.69 Å². The van der Waals surface area contributed by atoms with E-state index < -0.39 is 16.0 Å². The van der Waals surface area contributed by atoms with E-state index in [2.05, 4.69) is 5.32 Å². The Hall–Kier alpha value is -2.48. The number of hydrogen-bond acceptors (Lipinski definition) is 5. The maximum atomic E-state index is 12.4. The molecule has 0 aliphatic rings. The van der Waals surface area contributed by atoms with Gasteiger partial charge in [0, 0.05) is 17.1 Å². The monoisotopic (exact) mass is 349 g/mol. The van der Waals surface area contributed by atoms with Crippen LogP contribution in [-0.2, 0) is 11.3 Å². The fourth-order valence-corrected chi connectivity index (χ4v) is 3.31. The van der Waals surface area contributed by atoms with Crippen molar-refractivity contribution < 1.29 is 9.72 Å². The van der Waals surface area contributed by atoms with E-state index in [1.807, 2.05) is 38.3 Å². The number of amides is 1. The van der Waals surface area contributed by atoms with E-state index in [0.717, 1.165) is 17.1 Å². The zero-order chi connectivity index (χ0) is 17.9. The highest BCUT2D eigenvalue weighted by Gasteiger charge is 2.28. The fraction of sp³-hybridized carbons (Fsp3) is 0.375. The molecule has 0 spiro atoms. The Morgan fingerprint density at radius 2 is 2.12 bits per heavy atom. The Balaban J connectivity index is 2.16. The molecule has 2 aromatic heterocycles. The van der Waals surface area contributed by atoms with E-state index in [-0.39, 0.29) is 23.9 Å². The predicted molar refractivity (Wildman–Crippen MR) is 92.0 cm³/mol. The van der Waals surface area contributed by atoms with Gasteiger partial charge in [-0.15, -0.1) is 11.3 Å². The molecule has 0 aliphatic carbocycles. The summed E-state index contributed by atoms with van der Waals surface area (Å²) in [7, 11) is 0. The molecule has 2 heterocycles. The summed E-state index contributed by atoms with van der Waals surface area (Å²) in [5.74, 6) is -0.277. The number of hydrogen-bond donors (Lipinski definition) is 1. The van der Waals surface area contributed by atoms with E-state index in [4.69, 9.17) is 0 Å². The minimum absolute atomic E-state index is 0.0981. The highest BCUT2D eigenvalue weighted by atomic mass is 32.1. The van der Waals surface area contributed by atoms with Crippen molar-refractivity contribution in [3.05, 3.63) is 61.2 Å². The zero-order valence-corrected chi connectivity index (χ0v) is 14.5. The Kier molecular flexibility index (Phi) is 5.18. The second kappa shape index (κ2) is 6.96. The average molecular weight is 349 g/mol. The number of nitrogens with zero attached hydrogens (tertiary/aromatic N) is 2. The van der Waals surface area contributed by atoms with E-state index in [0.29, 0.717) is 0 Å². The minimum atomic E-state index is -0.750. The summed E-state index contributed by atoms with van der Waals surface area (Å²) in [5.41, 5.74) is -1.41. The van der Waals surface area contributed by atoms with Crippen molar-refractivity contribution in [3.63, 3.8) is 0 Å². The lowest BCUT2D eigenvalue weighted by Crippen LogP contribution is -2.38. The molecule has 2 rings (SSSR count). The van der Waals surface area contributed by atoms with Crippen LogP contribution in [0.1, 0.15) is 31.7 Å². The second-order valence-corrected chi connectivity index (χ2v) is 7.49. The summed E-state index contributed by atoms with van der Waals surface area (Å²) in [6.45, 7) is 5.99. The first-order chi connectivity index (χ1) is 11.2. The standard InChI is InChI=1S/C16H19N3O4S/c1-16(2,3)15(13-5-4-8-24-13)17-14(21)10-18-7-6-12(20)11(9-18)19(22)23/h4-9,15H,10H2,1-3H3,(H,17,21)/t15-/m1/s1. The molecule has 2 aromatic rings. The number of aromatic nitrogens is 1. The third-order valence-corrected chi connectivity index (χ3v) is 4.42. The van der Waals surface area contributed by atoms with E-state index in [1.54, 1.807) is 11.3 Å². The Morgan fingerprint density at radius 1 is 1.42 bits per heavy atom. The number of pyridine rings is 1. The van der Waals surface area contributed by atoms with Gasteiger partial charge < -0.3 is 9.88 Å². The van der Waals surface area contributed by atoms with Crippen molar-refractivity contribution in [1.29, 1.82) is 0 Å². The Labute approximate surface area is 143 Å². The fourth-order valence-electron chi connectivity index (χ4n) is 2.29. The topological polar surface area (TPSA) is 94.2 Å². The molecule has 0 aromatic carbocycles. The van der Waals surface area contributed by atoms with Crippen LogP contribution in [0.2, 0.25) is 0 Å². The summed E-state index contributed by atoms with van der Waals surface area (Å²) in [6.07, 6.45) is 2.45. The lowest BCUT2D eigenvalue weighted by Gasteiger charge is -2.31. The number of nitro groups is 1. The van der Waals surface area contributed by atoms with Crippen LogP contribution in [0.5, 0.6) is 0 Å². The summed E-state index contributed by atoms with van der Waals surface area (Å²) >= 11 is 1.56. The molecular weight excluding hydrogens is 330 g/mol. The molecule has 7 nitrogen and oxygen atoms in total. The van der Waals surface area contributed by atoms with E-state index >= 15 is 0 Å². The lowest BCUT2D eigenvalue weighted by molar-refractivity contribution is -0.386. The third-order valence-electron chi connectivity index (χ3n) is 3.48. The van der Waals surface area contributed by atoms with Crippen LogP contribution in [0, 0.1) is 15.5 Å². The molecule has 1 atom stereocenters. The second-order valence-electron chi connectivity index (χ2n) is 6.51. The van der Waals surface area contributed by atoms with Gasteiger partial charge in [-0.3, -0.25) is 19.7 Å². The molecule has 0 radical (unpaired) electrons. The van der Waals surface area contributed by atoms with Gasteiger partial charge >= 0.3 is 5.69 Å². The van der Waals surface area contributed by atoms with Crippen molar-refractivity contribution in [1.82, 2.24) is 9.88 Å². The van der Waals surface area contributed by atoms with Gasteiger partial charge in [-0.1, -0.05) is 26.8 Å². The number of carbonyl (C=O) groups is 1. The maximum Gasteiger partial charge on any atom is 0.332 e. The SMILES string of the molecule is CC(C)(C)[C@H](NC(=O)Cn1ccc(=O)c([N+](=O)[O-])c1)c1cccs1. The first kappa shape index (κ1) is 17.9. The predicted octanol–water partition coefficient (Wildman–Crippen LogP) is 2.72. The van der Waals surface area contributed by atoms with Gasteiger partial charge in [0.25, 0.3) is 5.43 Å². The summed E-state index contributed by atoms with van der Waals surface area (Å²) in [5, 5.41) is 15.7. The highest BCUT2D eigenvalue weighted by molar-refractivity contribution is 7.10. The summed E-state index contributed by atoms with van der Waals surface area (Å²) < 4.78 is 1.34. The van der Waals surface area contributed by atoms with Crippen LogP contribution in [0.3, 0.4) is 0 Å². The smallest absolute Gasteiger partial charge is 0.332 e. The van der Waals surface area contributed by atoms with E-state index in [9.17, 15) is 19.7 Å². The summed E-state index contributed by atoms with van der Waals surface area (Å²) in [6, 6.07) is 4.81. The van der Waals surface area contributed by atoms with Gasteiger partial charge in [-0.2, -0.15) is 0 Å². The van der Waals surface area contributed by atoms with Crippen molar-refractivity contribution in [2.45, 2.75) is 33.4 Å². The van der Waals surface area contributed by atoms with Gasteiger partial charge in [0.2, 0.25) is 5.91 Å². The number of thiophene rings is 1. The average Bonchev–Trinajstić information content (AvgIpc) is 2.99. The molecule has 1 amide bonds. The maximum absolute atomic E-state index is 12.4. The van der Waals surface area contributed by atoms with Gasteiger partial charge in [0.1, 0.15) is 6.54 Å². The molecule has 24 heavy (non-hydrogen) atoms. The first-order valence-electron chi connectivity index (χ1n) is 7.36. The van der Waals surface area contributed by atoms with Crippen molar-refractivity contribution in [2.75, 3.05) is 0 Å². The van der Waals surface area contributed by atoms with Gasteiger partial charge in [0.05, 0.1) is 17.2 Å². The summed E-state index contributed by atoms with van der Waals surface area (Å²) in [4.78, 5) is 34.9. The molecular formula is C16H19N3O4S. The number of nitrogens with one attached hydrogen (secondary N) is 1. The molecule has 0 fully saturated rings. The van der Waals surface area contributed by atoms with Crippen LogP contribution < -0.4 is 10.7 Å². The van der Waals surface area contributed by atoms with Crippen LogP contribution in [0.15, 0.2) is 40.8 Å². The Bertz CT molecular complexity index is 790. The molecule has 0 saturated heterocycles. The van der Waals surface area contributed by atoms with E-state index in [1.165, 1.54) is 10.8 Å². The quantitative estimate of drug-likeness (QED) is 0.663. The number of carbonyl (C=O) groups excluding carboxylic acids is 1. The van der Waals surface area contributed by atoms with Crippen molar-refractivity contribution >= 4 is 22.9 Å². The van der Waals surface area contributed by atoms with Crippen LogP contribution in [0.25, 0.3) is 0 Å². The van der Waals surface area contributed by atoms with Gasteiger partial charge in [0.15, 0.2) is 0 Å². The molecule has 0 bridgehead atoms. The van der Waals surface area contributed by atoms with Crippen molar-refractivity contribution in [3.8, 4) is 0 Å². The first-order valence-corrected chi connectivity index (χ1v) is 8.23. The number of rotatable bonds is 5. The van der Waals surface area contributed by atoms with Crippen molar-refractivity contribution in [2.24, 2.45) is 5.41 Å². The molecule has 8 heteroatoms. The minimum Gasteiger partial charge on any atom is -0.346 e.